The van der Waals surface area contributed by atoms with Crippen molar-refractivity contribution >= 4 is 11.8 Å². The number of carboxylic acid groups (broad SMARTS) is 1. The monoisotopic (exact) mass is 263 g/mol. The number of nitrogens with zero attached hydrogens (tertiary/aromatic N) is 3. The fourth-order valence-electron chi connectivity index (χ4n) is 3.46. The van der Waals surface area contributed by atoms with E-state index < -0.39 is 12.0 Å². The van der Waals surface area contributed by atoms with Crippen molar-refractivity contribution in [2.24, 2.45) is 11.8 Å². The van der Waals surface area contributed by atoms with Crippen molar-refractivity contribution in [1.82, 2.24) is 9.97 Å². The zero-order valence-corrected chi connectivity index (χ0v) is 10.8. The minimum atomic E-state index is -0.757. The highest BCUT2D eigenvalue weighted by molar-refractivity contribution is 5.79. The minimum Gasteiger partial charge on any atom is -0.481 e. The van der Waals surface area contributed by atoms with Gasteiger partial charge in [0.25, 0.3) is 0 Å². The van der Waals surface area contributed by atoms with Gasteiger partial charge in [0.2, 0.25) is 5.88 Å². The third-order valence-electron chi connectivity index (χ3n) is 4.27. The van der Waals surface area contributed by atoms with Gasteiger partial charge in [-0.25, -0.2) is 14.8 Å². The molecule has 3 rings (SSSR count). The number of anilines is 1. The second-order valence-electron chi connectivity index (χ2n) is 5.21. The Bertz CT molecular complexity index is 494. The highest BCUT2D eigenvalue weighted by Crippen LogP contribution is 2.43. The summed E-state index contributed by atoms with van der Waals surface area (Å²) in [7, 11) is 1.54. The van der Waals surface area contributed by atoms with Crippen LogP contribution in [0.5, 0.6) is 5.88 Å². The lowest BCUT2D eigenvalue weighted by Crippen LogP contribution is -2.40. The van der Waals surface area contributed by atoms with Crippen LogP contribution >= 0.6 is 0 Å². The lowest BCUT2D eigenvalue weighted by molar-refractivity contribution is -0.139. The normalized spacial score (nSPS) is 29.3. The third kappa shape index (κ3) is 2.01. The van der Waals surface area contributed by atoms with E-state index in [9.17, 15) is 9.90 Å². The molecule has 1 aromatic heterocycles. The van der Waals surface area contributed by atoms with E-state index in [4.69, 9.17) is 4.74 Å². The quantitative estimate of drug-likeness (QED) is 0.882. The maximum absolute atomic E-state index is 11.6. The average molecular weight is 263 g/mol. The number of aromatic nitrogens is 2. The third-order valence-corrected chi connectivity index (χ3v) is 4.27. The lowest BCUT2D eigenvalue weighted by Gasteiger charge is -2.25. The molecule has 6 nitrogen and oxygen atoms in total. The Hall–Kier alpha value is -1.85. The molecule has 0 spiro atoms. The van der Waals surface area contributed by atoms with Crippen LogP contribution in [-0.2, 0) is 4.79 Å². The van der Waals surface area contributed by atoms with Gasteiger partial charge in [0.1, 0.15) is 18.2 Å². The van der Waals surface area contributed by atoms with Crippen LogP contribution in [0.4, 0.5) is 5.82 Å². The van der Waals surface area contributed by atoms with Crippen molar-refractivity contribution in [3.05, 3.63) is 12.4 Å². The van der Waals surface area contributed by atoms with Crippen molar-refractivity contribution in [2.75, 3.05) is 18.6 Å². The van der Waals surface area contributed by atoms with Gasteiger partial charge >= 0.3 is 5.97 Å². The zero-order chi connectivity index (χ0) is 13.4. The molecule has 2 fully saturated rings. The maximum Gasteiger partial charge on any atom is 0.326 e. The summed E-state index contributed by atoms with van der Waals surface area (Å²) in [5.41, 5.74) is 0. The second kappa shape index (κ2) is 4.68. The van der Waals surface area contributed by atoms with Gasteiger partial charge in [-0.1, -0.05) is 6.42 Å². The first kappa shape index (κ1) is 12.2. The summed E-state index contributed by atoms with van der Waals surface area (Å²) < 4.78 is 5.08. The molecular weight excluding hydrogens is 246 g/mol. The molecule has 1 aromatic rings. The SMILES string of the molecule is COc1cc(N2CC3CCCC3C2C(=O)O)ncn1. The Morgan fingerprint density at radius 3 is 3.05 bits per heavy atom. The van der Waals surface area contributed by atoms with E-state index in [2.05, 4.69) is 9.97 Å². The van der Waals surface area contributed by atoms with Crippen molar-refractivity contribution in [2.45, 2.75) is 25.3 Å². The summed E-state index contributed by atoms with van der Waals surface area (Å²) in [4.78, 5) is 21.6. The predicted molar refractivity (Wildman–Crippen MR) is 68.2 cm³/mol. The van der Waals surface area contributed by atoms with Gasteiger partial charge < -0.3 is 14.7 Å². The van der Waals surface area contributed by atoms with Crippen LogP contribution in [-0.4, -0.2) is 40.7 Å². The molecule has 1 saturated heterocycles. The number of carboxylic acids is 1. The first-order valence-electron chi connectivity index (χ1n) is 6.56. The van der Waals surface area contributed by atoms with Gasteiger partial charge in [0.05, 0.1) is 7.11 Å². The average Bonchev–Trinajstić information content (AvgIpc) is 2.98. The second-order valence-corrected chi connectivity index (χ2v) is 5.21. The van der Waals surface area contributed by atoms with E-state index in [1.54, 1.807) is 13.2 Å². The van der Waals surface area contributed by atoms with Gasteiger partial charge in [0.15, 0.2) is 0 Å². The van der Waals surface area contributed by atoms with Crippen LogP contribution in [0.2, 0.25) is 0 Å². The van der Waals surface area contributed by atoms with E-state index in [-0.39, 0.29) is 5.92 Å². The van der Waals surface area contributed by atoms with Crippen molar-refractivity contribution in [3.8, 4) is 5.88 Å². The number of rotatable bonds is 3. The van der Waals surface area contributed by atoms with Crippen molar-refractivity contribution in [1.29, 1.82) is 0 Å². The molecular formula is C13H17N3O3. The van der Waals surface area contributed by atoms with E-state index >= 15 is 0 Å². The maximum atomic E-state index is 11.6. The van der Waals surface area contributed by atoms with Crippen molar-refractivity contribution < 1.29 is 14.6 Å². The predicted octanol–water partition coefficient (Wildman–Crippen LogP) is 1.17. The molecule has 19 heavy (non-hydrogen) atoms. The van der Waals surface area contributed by atoms with E-state index in [0.717, 1.165) is 25.8 Å². The molecule has 0 bridgehead atoms. The van der Waals surface area contributed by atoms with Gasteiger partial charge in [-0.2, -0.15) is 0 Å². The molecule has 3 atom stereocenters. The largest absolute Gasteiger partial charge is 0.481 e. The summed E-state index contributed by atoms with van der Waals surface area (Å²) in [6.45, 7) is 0.766. The molecule has 1 aliphatic carbocycles. The van der Waals surface area contributed by atoms with E-state index in [1.165, 1.54) is 6.33 Å². The number of fused-ring (bicyclic) bond motifs is 1. The summed E-state index contributed by atoms with van der Waals surface area (Å²) in [6.07, 6.45) is 4.68. The molecule has 0 amide bonds. The Balaban J connectivity index is 1.92. The first-order valence-corrected chi connectivity index (χ1v) is 6.56. The molecule has 0 aromatic carbocycles. The number of hydrogen-bond donors (Lipinski definition) is 1. The van der Waals surface area contributed by atoms with E-state index in [0.29, 0.717) is 17.6 Å². The molecule has 2 heterocycles. The summed E-state index contributed by atoms with van der Waals surface area (Å²) in [5, 5.41) is 9.50. The standard InChI is InChI=1S/C13H17N3O3/c1-19-11-5-10(14-7-15-11)16-6-8-3-2-4-9(8)12(16)13(17)18/h5,7-9,12H,2-4,6H2,1H3,(H,17,18). The van der Waals surface area contributed by atoms with Gasteiger partial charge in [-0.05, 0) is 24.7 Å². The van der Waals surface area contributed by atoms with Crippen LogP contribution in [0.15, 0.2) is 12.4 Å². The number of methoxy groups -OCH3 is 1. The molecule has 0 radical (unpaired) electrons. The molecule has 6 heteroatoms. The fourth-order valence-corrected chi connectivity index (χ4v) is 3.46. The van der Waals surface area contributed by atoms with Gasteiger partial charge in [-0.3, -0.25) is 0 Å². The van der Waals surface area contributed by atoms with Gasteiger partial charge in [-0.15, -0.1) is 0 Å². The molecule has 3 unspecified atom stereocenters. The Morgan fingerprint density at radius 2 is 2.32 bits per heavy atom. The lowest BCUT2D eigenvalue weighted by atomic mass is 9.94. The first-order chi connectivity index (χ1) is 9.20. The molecule has 1 aliphatic heterocycles. The summed E-state index contributed by atoms with van der Waals surface area (Å²) >= 11 is 0. The van der Waals surface area contributed by atoms with Crippen LogP contribution in [0, 0.1) is 11.8 Å². The molecule has 1 saturated carbocycles. The van der Waals surface area contributed by atoms with Gasteiger partial charge in [0, 0.05) is 12.6 Å². The Labute approximate surface area is 111 Å². The van der Waals surface area contributed by atoms with Crippen LogP contribution in [0.25, 0.3) is 0 Å². The van der Waals surface area contributed by atoms with Crippen molar-refractivity contribution in [3.63, 3.8) is 0 Å². The highest BCUT2D eigenvalue weighted by atomic mass is 16.5. The summed E-state index contributed by atoms with van der Waals surface area (Å²) in [6, 6.07) is 1.24. The minimum absolute atomic E-state index is 0.249. The smallest absolute Gasteiger partial charge is 0.326 e. The van der Waals surface area contributed by atoms with E-state index in [1.807, 2.05) is 4.90 Å². The number of ether oxygens (including phenoxy) is 1. The molecule has 2 aliphatic rings. The summed E-state index contributed by atoms with van der Waals surface area (Å²) in [5.74, 6) is 1.08. The number of aliphatic carboxylic acids is 1. The Morgan fingerprint density at radius 1 is 1.47 bits per heavy atom. The highest BCUT2D eigenvalue weighted by Gasteiger charge is 2.48. The zero-order valence-electron chi connectivity index (χ0n) is 10.8. The van der Waals surface area contributed by atoms with Crippen LogP contribution in [0.3, 0.4) is 0 Å². The molecule has 102 valence electrons. The Kier molecular flexibility index (Phi) is 3.00. The molecule has 1 N–H and O–H groups in total. The van der Waals surface area contributed by atoms with Crippen LogP contribution in [0.1, 0.15) is 19.3 Å². The topological polar surface area (TPSA) is 75.5 Å². The fraction of sp³-hybridized carbons (Fsp3) is 0.615. The van der Waals surface area contributed by atoms with Crippen LogP contribution < -0.4 is 9.64 Å². The number of hydrogen-bond acceptors (Lipinski definition) is 5. The number of carbonyl (C=O) groups is 1.